The van der Waals surface area contributed by atoms with Gasteiger partial charge in [-0.15, -0.1) is 0 Å². The van der Waals surface area contributed by atoms with Crippen LogP contribution in [0.25, 0.3) is 10.9 Å². The number of nitrogens with zero attached hydrogens (tertiary/aromatic N) is 3. The molecule has 2 bridgehead atoms. The standard InChI is InChI=1S/C20H27N5O/c26-20(21-18-13-24-10-6-14(18)7-11-24)19-16-5-4-15(12-17(16)22-23-19)25-8-2-1-3-9-25/h4-5,12,14,18H,1-3,6-11,13H2,(H,21,26)(H,22,23)/t18-/m0/s1. The molecule has 5 heterocycles. The molecule has 1 aromatic carbocycles. The Morgan fingerprint density at radius 1 is 1.12 bits per heavy atom. The monoisotopic (exact) mass is 353 g/mol. The van der Waals surface area contributed by atoms with Crippen molar-refractivity contribution in [2.45, 2.75) is 38.1 Å². The SMILES string of the molecule is O=C(N[C@H]1CN2CCC1CC2)c1n[nH]c2cc(N3CCCCC3)ccc12. The van der Waals surface area contributed by atoms with E-state index in [0.717, 1.165) is 30.5 Å². The Kier molecular flexibility index (Phi) is 4.08. The number of aromatic amines is 1. The van der Waals surface area contributed by atoms with E-state index in [1.165, 1.54) is 50.9 Å². The van der Waals surface area contributed by atoms with Crippen LogP contribution >= 0.6 is 0 Å². The van der Waals surface area contributed by atoms with Crippen LogP contribution in [0.4, 0.5) is 5.69 Å². The molecular formula is C20H27N5O. The molecule has 6 nitrogen and oxygen atoms in total. The largest absolute Gasteiger partial charge is 0.371 e. The number of nitrogens with one attached hydrogen (secondary N) is 2. The summed E-state index contributed by atoms with van der Waals surface area (Å²) in [5, 5.41) is 11.6. The van der Waals surface area contributed by atoms with Crippen molar-refractivity contribution in [3.05, 3.63) is 23.9 Å². The van der Waals surface area contributed by atoms with Gasteiger partial charge < -0.3 is 15.1 Å². The molecule has 6 heteroatoms. The maximum absolute atomic E-state index is 12.8. The fourth-order valence-corrected chi connectivity index (χ4v) is 4.89. The zero-order valence-corrected chi connectivity index (χ0v) is 15.2. The second-order valence-electron chi connectivity index (χ2n) is 8.07. The first-order valence-corrected chi connectivity index (χ1v) is 10.0. The van der Waals surface area contributed by atoms with E-state index >= 15 is 0 Å². The Morgan fingerprint density at radius 3 is 2.65 bits per heavy atom. The van der Waals surface area contributed by atoms with E-state index in [9.17, 15) is 4.79 Å². The summed E-state index contributed by atoms with van der Waals surface area (Å²) < 4.78 is 0. The molecule has 1 atom stereocenters. The van der Waals surface area contributed by atoms with E-state index in [1.807, 2.05) is 6.07 Å². The second kappa shape index (κ2) is 6.58. The van der Waals surface area contributed by atoms with Crippen LogP contribution in [0.5, 0.6) is 0 Å². The fourth-order valence-electron chi connectivity index (χ4n) is 4.89. The maximum atomic E-state index is 12.8. The minimum Gasteiger partial charge on any atom is -0.371 e. The first-order valence-electron chi connectivity index (χ1n) is 10.0. The lowest BCUT2D eigenvalue weighted by Gasteiger charge is -2.44. The topological polar surface area (TPSA) is 64.3 Å². The molecule has 2 aromatic rings. The van der Waals surface area contributed by atoms with Gasteiger partial charge >= 0.3 is 0 Å². The first kappa shape index (κ1) is 16.1. The van der Waals surface area contributed by atoms with E-state index in [2.05, 4.69) is 37.4 Å². The number of carbonyl (C=O) groups is 1. The summed E-state index contributed by atoms with van der Waals surface area (Å²) in [5.74, 6) is 0.584. The molecule has 1 amide bonds. The predicted molar refractivity (Wildman–Crippen MR) is 103 cm³/mol. The van der Waals surface area contributed by atoms with Gasteiger partial charge in [-0.25, -0.2) is 0 Å². The summed E-state index contributed by atoms with van der Waals surface area (Å²) in [7, 11) is 0. The van der Waals surface area contributed by atoms with E-state index < -0.39 is 0 Å². The second-order valence-corrected chi connectivity index (χ2v) is 8.07. The van der Waals surface area contributed by atoms with Crippen LogP contribution in [0.2, 0.25) is 0 Å². The van der Waals surface area contributed by atoms with E-state index in [0.29, 0.717) is 11.6 Å². The number of H-pyrrole nitrogens is 1. The number of piperidine rings is 4. The highest BCUT2D eigenvalue weighted by Gasteiger charge is 2.35. The van der Waals surface area contributed by atoms with Crippen molar-refractivity contribution in [1.82, 2.24) is 20.4 Å². The number of rotatable bonds is 3. The quantitative estimate of drug-likeness (QED) is 0.889. The van der Waals surface area contributed by atoms with Crippen LogP contribution in [0.1, 0.15) is 42.6 Å². The molecule has 138 valence electrons. The molecule has 6 rings (SSSR count). The minimum absolute atomic E-state index is 0.0410. The molecule has 4 aliphatic heterocycles. The summed E-state index contributed by atoms with van der Waals surface area (Å²) in [6.07, 6.45) is 6.24. The van der Waals surface area contributed by atoms with Crippen LogP contribution in [-0.2, 0) is 0 Å². The molecule has 4 saturated heterocycles. The first-order chi connectivity index (χ1) is 12.8. The third kappa shape index (κ3) is 2.86. The number of hydrogen-bond acceptors (Lipinski definition) is 4. The third-order valence-electron chi connectivity index (χ3n) is 6.46. The number of fused-ring (bicyclic) bond motifs is 4. The number of benzene rings is 1. The van der Waals surface area contributed by atoms with Gasteiger partial charge in [0.05, 0.1) is 5.52 Å². The van der Waals surface area contributed by atoms with Crippen molar-refractivity contribution in [2.75, 3.05) is 37.6 Å². The van der Waals surface area contributed by atoms with Gasteiger partial charge in [-0.1, -0.05) is 0 Å². The smallest absolute Gasteiger partial charge is 0.272 e. The number of hydrogen-bond donors (Lipinski definition) is 2. The number of anilines is 1. The Balaban J connectivity index is 1.34. The normalized spacial score (nSPS) is 28.5. The summed E-state index contributed by atoms with van der Waals surface area (Å²) in [6, 6.07) is 6.59. The van der Waals surface area contributed by atoms with Crippen molar-refractivity contribution in [3.63, 3.8) is 0 Å². The fraction of sp³-hybridized carbons (Fsp3) is 0.600. The lowest BCUT2D eigenvalue weighted by molar-refractivity contribution is 0.0618. The zero-order valence-electron chi connectivity index (χ0n) is 15.2. The lowest BCUT2D eigenvalue weighted by atomic mass is 9.84. The minimum atomic E-state index is -0.0410. The highest BCUT2D eigenvalue weighted by Crippen LogP contribution is 2.29. The zero-order chi connectivity index (χ0) is 17.5. The molecule has 0 spiro atoms. The molecule has 1 aromatic heterocycles. The van der Waals surface area contributed by atoms with Gasteiger partial charge in [-0.3, -0.25) is 9.89 Å². The lowest BCUT2D eigenvalue weighted by Crippen LogP contribution is -2.57. The van der Waals surface area contributed by atoms with Crippen molar-refractivity contribution < 1.29 is 4.79 Å². The van der Waals surface area contributed by atoms with Gasteiger partial charge in [-0.05, 0) is 69.3 Å². The molecule has 0 unspecified atom stereocenters. The Labute approximate surface area is 153 Å². The van der Waals surface area contributed by atoms with Crippen LogP contribution in [0.15, 0.2) is 18.2 Å². The van der Waals surface area contributed by atoms with E-state index in [-0.39, 0.29) is 11.9 Å². The predicted octanol–water partition coefficient (Wildman–Crippen LogP) is 2.38. The molecule has 2 N–H and O–H groups in total. The van der Waals surface area contributed by atoms with Crippen LogP contribution in [-0.4, -0.2) is 59.8 Å². The van der Waals surface area contributed by atoms with Crippen LogP contribution < -0.4 is 10.2 Å². The van der Waals surface area contributed by atoms with Gasteiger partial charge in [-0.2, -0.15) is 5.10 Å². The van der Waals surface area contributed by atoms with Crippen molar-refractivity contribution >= 4 is 22.5 Å². The van der Waals surface area contributed by atoms with Gasteiger partial charge in [0.15, 0.2) is 5.69 Å². The van der Waals surface area contributed by atoms with Crippen LogP contribution in [0, 0.1) is 5.92 Å². The summed E-state index contributed by atoms with van der Waals surface area (Å²) in [5.41, 5.74) is 2.71. The highest BCUT2D eigenvalue weighted by atomic mass is 16.2. The van der Waals surface area contributed by atoms with Crippen molar-refractivity contribution in [2.24, 2.45) is 5.92 Å². The van der Waals surface area contributed by atoms with E-state index in [4.69, 9.17) is 0 Å². The summed E-state index contributed by atoms with van der Waals surface area (Å²) in [6.45, 7) is 5.58. The molecule has 0 saturated carbocycles. The Hall–Kier alpha value is -2.08. The molecule has 4 fully saturated rings. The molecule has 26 heavy (non-hydrogen) atoms. The highest BCUT2D eigenvalue weighted by molar-refractivity contribution is 6.05. The van der Waals surface area contributed by atoms with E-state index in [1.54, 1.807) is 0 Å². The van der Waals surface area contributed by atoms with Crippen LogP contribution in [0.3, 0.4) is 0 Å². The number of carbonyl (C=O) groups excluding carboxylic acids is 1. The molecular weight excluding hydrogens is 326 g/mol. The van der Waals surface area contributed by atoms with Gasteiger partial charge in [0, 0.05) is 36.7 Å². The molecule has 0 aliphatic carbocycles. The number of aromatic nitrogens is 2. The van der Waals surface area contributed by atoms with Gasteiger partial charge in [0.1, 0.15) is 0 Å². The average molecular weight is 353 g/mol. The van der Waals surface area contributed by atoms with Crippen molar-refractivity contribution in [1.29, 1.82) is 0 Å². The number of amides is 1. The Morgan fingerprint density at radius 2 is 1.92 bits per heavy atom. The van der Waals surface area contributed by atoms with Gasteiger partial charge in [0.2, 0.25) is 0 Å². The summed E-state index contributed by atoms with van der Waals surface area (Å²) >= 11 is 0. The molecule has 0 radical (unpaired) electrons. The van der Waals surface area contributed by atoms with Gasteiger partial charge in [0.25, 0.3) is 5.91 Å². The van der Waals surface area contributed by atoms with Crippen molar-refractivity contribution in [3.8, 4) is 0 Å². The maximum Gasteiger partial charge on any atom is 0.272 e. The molecule has 4 aliphatic rings. The summed E-state index contributed by atoms with van der Waals surface area (Å²) in [4.78, 5) is 17.7. The third-order valence-corrected chi connectivity index (χ3v) is 6.46. The Bertz CT molecular complexity index is 802. The average Bonchev–Trinajstić information content (AvgIpc) is 3.13.